The van der Waals surface area contributed by atoms with E-state index in [0.29, 0.717) is 19.4 Å². The number of benzene rings is 1. The van der Waals surface area contributed by atoms with Gasteiger partial charge in [0.15, 0.2) is 0 Å². The number of nitrogens with two attached hydrogens (primary N) is 1. The van der Waals surface area contributed by atoms with Gasteiger partial charge in [0.25, 0.3) is 5.91 Å². The van der Waals surface area contributed by atoms with Crippen LogP contribution in [0.5, 0.6) is 0 Å². The Hall–Kier alpha value is -1.76. The average molecular weight is 302 g/mol. The second-order valence-electron chi connectivity index (χ2n) is 5.48. The van der Waals surface area contributed by atoms with Crippen LogP contribution >= 0.6 is 0 Å². The Labute approximate surface area is 120 Å². The average Bonchev–Trinajstić information content (AvgIpc) is 2.35. The van der Waals surface area contributed by atoms with Crippen molar-refractivity contribution >= 4 is 11.6 Å². The number of hydrogen-bond acceptors (Lipinski definition) is 3. The highest BCUT2D eigenvalue weighted by Gasteiger charge is 2.33. The van der Waals surface area contributed by atoms with Gasteiger partial charge in [-0.2, -0.15) is 13.2 Å². The van der Waals surface area contributed by atoms with Crippen LogP contribution in [0.1, 0.15) is 28.8 Å². The second kappa shape index (κ2) is 5.55. The van der Waals surface area contributed by atoms with Crippen LogP contribution < -0.4 is 5.73 Å². The smallest absolute Gasteiger partial charge is 0.398 e. The van der Waals surface area contributed by atoms with E-state index in [1.54, 1.807) is 0 Å². The van der Waals surface area contributed by atoms with Crippen molar-refractivity contribution in [2.75, 3.05) is 19.3 Å². The Kier molecular flexibility index (Phi) is 4.13. The standard InChI is InChI=1S/C14H17F3N2O2/c1-19(7-8-4-10(20)5-8)13(21)11-6-9(14(15,16)17)2-3-12(11)18/h2-3,6,8,10,20H,4-5,7,18H2,1H3. The fourth-order valence-electron chi connectivity index (χ4n) is 2.44. The lowest BCUT2D eigenvalue weighted by molar-refractivity contribution is -0.137. The van der Waals surface area contributed by atoms with E-state index in [9.17, 15) is 23.1 Å². The number of halogens is 3. The van der Waals surface area contributed by atoms with Crippen LogP contribution in [-0.2, 0) is 6.18 Å². The van der Waals surface area contributed by atoms with Gasteiger partial charge in [0.2, 0.25) is 0 Å². The van der Waals surface area contributed by atoms with Gasteiger partial charge >= 0.3 is 6.18 Å². The summed E-state index contributed by atoms with van der Waals surface area (Å²) < 4.78 is 38.1. The Morgan fingerprint density at radius 1 is 1.43 bits per heavy atom. The molecule has 1 aliphatic carbocycles. The maximum absolute atomic E-state index is 12.7. The molecule has 1 saturated carbocycles. The number of rotatable bonds is 3. The Morgan fingerprint density at radius 2 is 2.05 bits per heavy atom. The Balaban J connectivity index is 2.14. The lowest BCUT2D eigenvalue weighted by Gasteiger charge is -2.34. The van der Waals surface area contributed by atoms with Gasteiger partial charge in [-0.05, 0) is 37.0 Å². The first-order chi connectivity index (χ1) is 9.68. The summed E-state index contributed by atoms with van der Waals surface area (Å²) in [4.78, 5) is 13.6. The fourth-order valence-corrected chi connectivity index (χ4v) is 2.44. The van der Waals surface area contributed by atoms with Gasteiger partial charge in [0.05, 0.1) is 17.2 Å². The monoisotopic (exact) mass is 302 g/mol. The van der Waals surface area contributed by atoms with Gasteiger partial charge in [0.1, 0.15) is 0 Å². The molecule has 1 aliphatic rings. The number of aliphatic hydroxyl groups is 1. The molecule has 0 heterocycles. The fraction of sp³-hybridized carbons (Fsp3) is 0.500. The molecule has 1 aromatic rings. The quantitative estimate of drug-likeness (QED) is 0.841. The third kappa shape index (κ3) is 3.47. The van der Waals surface area contributed by atoms with Gasteiger partial charge in [0, 0.05) is 19.3 Å². The lowest BCUT2D eigenvalue weighted by Crippen LogP contribution is -2.39. The van der Waals surface area contributed by atoms with Crippen molar-refractivity contribution in [3.8, 4) is 0 Å². The van der Waals surface area contributed by atoms with E-state index < -0.39 is 17.6 Å². The number of amides is 1. The molecule has 0 aliphatic heterocycles. The highest BCUT2D eigenvalue weighted by atomic mass is 19.4. The number of anilines is 1. The minimum absolute atomic E-state index is 0.0218. The van der Waals surface area contributed by atoms with Crippen LogP contribution in [0.3, 0.4) is 0 Å². The molecule has 1 fully saturated rings. The number of hydrogen-bond donors (Lipinski definition) is 2. The van der Waals surface area contributed by atoms with Gasteiger partial charge in [-0.25, -0.2) is 0 Å². The van der Waals surface area contributed by atoms with Crippen molar-refractivity contribution in [1.29, 1.82) is 0 Å². The van der Waals surface area contributed by atoms with Gasteiger partial charge in [-0.3, -0.25) is 4.79 Å². The predicted octanol–water partition coefficient (Wildman–Crippen LogP) is 2.13. The first-order valence-corrected chi connectivity index (χ1v) is 6.58. The van der Waals surface area contributed by atoms with Crippen LogP contribution in [0.2, 0.25) is 0 Å². The van der Waals surface area contributed by atoms with Crippen molar-refractivity contribution in [2.24, 2.45) is 5.92 Å². The summed E-state index contributed by atoms with van der Waals surface area (Å²) in [6.07, 6.45) is -3.64. The predicted molar refractivity (Wildman–Crippen MR) is 71.5 cm³/mol. The molecule has 4 nitrogen and oxygen atoms in total. The number of carbonyl (C=O) groups excluding carboxylic acids is 1. The van der Waals surface area contributed by atoms with Crippen molar-refractivity contribution in [1.82, 2.24) is 4.90 Å². The highest BCUT2D eigenvalue weighted by molar-refractivity contribution is 5.99. The number of carbonyl (C=O) groups is 1. The molecule has 1 amide bonds. The molecule has 116 valence electrons. The van der Waals surface area contributed by atoms with Gasteiger partial charge < -0.3 is 15.7 Å². The van der Waals surface area contributed by atoms with E-state index >= 15 is 0 Å². The summed E-state index contributed by atoms with van der Waals surface area (Å²) >= 11 is 0. The van der Waals surface area contributed by atoms with E-state index in [-0.39, 0.29) is 23.3 Å². The summed E-state index contributed by atoms with van der Waals surface area (Å²) in [6.45, 7) is 0.394. The molecule has 21 heavy (non-hydrogen) atoms. The Morgan fingerprint density at radius 3 is 2.57 bits per heavy atom. The lowest BCUT2D eigenvalue weighted by atomic mass is 9.82. The van der Waals surface area contributed by atoms with E-state index in [4.69, 9.17) is 5.73 Å². The van der Waals surface area contributed by atoms with Crippen molar-refractivity contribution in [2.45, 2.75) is 25.1 Å². The summed E-state index contributed by atoms with van der Waals surface area (Å²) in [6, 6.07) is 2.73. The molecular weight excluding hydrogens is 285 g/mol. The molecule has 0 atom stereocenters. The maximum atomic E-state index is 12.7. The molecule has 0 radical (unpaired) electrons. The zero-order valence-corrected chi connectivity index (χ0v) is 11.5. The van der Waals surface area contributed by atoms with E-state index in [1.807, 2.05) is 0 Å². The number of alkyl halides is 3. The van der Waals surface area contributed by atoms with E-state index in [0.717, 1.165) is 18.2 Å². The molecule has 0 saturated heterocycles. The third-order valence-corrected chi connectivity index (χ3v) is 3.70. The van der Waals surface area contributed by atoms with Gasteiger partial charge in [-0.1, -0.05) is 0 Å². The molecule has 7 heteroatoms. The number of aliphatic hydroxyl groups excluding tert-OH is 1. The molecule has 0 bridgehead atoms. The van der Waals surface area contributed by atoms with Crippen molar-refractivity contribution < 1.29 is 23.1 Å². The molecule has 0 spiro atoms. The van der Waals surface area contributed by atoms with Crippen LogP contribution in [0.25, 0.3) is 0 Å². The maximum Gasteiger partial charge on any atom is 0.416 e. The second-order valence-corrected chi connectivity index (χ2v) is 5.48. The topological polar surface area (TPSA) is 66.6 Å². The first kappa shape index (κ1) is 15.6. The summed E-state index contributed by atoms with van der Waals surface area (Å²) in [7, 11) is 1.52. The zero-order valence-electron chi connectivity index (χ0n) is 11.5. The van der Waals surface area contributed by atoms with E-state index in [1.165, 1.54) is 11.9 Å². The third-order valence-electron chi connectivity index (χ3n) is 3.70. The number of nitrogens with zero attached hydrogens (tertiary/aromatic N) is 1. The minimum atomic E-state index is -4.51. The van der Waals surface area contributed by atoms with Crippen LogP contribution in [0.4, 0.5) is 18.9 Å². The summed E-state index contributed by atoms with van der Waals surface area (Å²) in [5.74, 6) is -0.360. The molecule has 0 unspecified atom stereocenters. The minimum Gasteiger partial charge on any atom is -0.398 e. The molecule has 0 aromatic heterocycles. The molecular formula is C14H17F3N2O2. The Bertz CT molecular complexity index is 540. The SMILES string of the molecule is CN(CC1CC(O)C1)C(=O)c1cc(C(F)(F)F)ccc1N. The first-order valence-electron chi connectivity index (χ1n) is 6.58. The molecule has 3 N–H and O–H groups in total. The zero-order chi connectivity index (χ0) is 15.8. The summed E-state index contributed by atoms with van der Waals surface area (Å²) in [5.41, 5.74) is 4.60. The summed E-state index contributed by atoms with van der Waals surface area (Å²) in [5, 5.41) is 9.21. The normalized spacial score (nSPS) is 21.8. The van der Waals surface area contributed by atoms with E-state index in [2.05, 4.69) is 0 Å². The van der Waals surface area contributed by atoms with Crippen LogP contribution in [0, 0.1) is 5.92 Å². The van der Waals surface area contributed by atoms with Gasteiger partial charge in [-0.15, -0.1) is 0 Å². The highest BCUT2D eigenvalue weighted by Crippen LogP contribution is 2.32. The van der Waals surface area contributed by atoms with Crippen LogP contribution in [0.15, 0.2) is 18.2 Å². The molecule has 1 aromatic carbocycles. The largest absolute Gasteiger partial charge is 0.416 e. The van der Waals surface area contributed by atoms with Crippen LogP contribution in [-0.4, -0.2) is 35.6 Å². The molecule has 2 rings (SSSR count). The number of nitrogen functional groups attached to an aromatic ring is 1. The van der Waals surface area contributed by atoms with Crippen molar-refractivity contribution in [3.05, 3.63) is 29.3 Å². The van der Waals surface area contributed by atoms with Crippen molar-refractivity contribution in [3.63, 3.8) is 0 Å².